The summed E-state index contributed by atoms with van der Waals surface area (Å²) in [5.41, 5.74) is 5.32. The van der Waals surface area contributed by atoms with Crippen LogP contribution in [0.25, 0.3) is 0 Å². The number of hydrogen-bond acceptors (Lipinski definition) is 3. The van der Waals surface area contributed by atoms with Gasteiger partial charge in [0.25, 0.3) is 0 Å². The van der Waals surface area contributed by atoms with Gasteiger partial charge in [-0.25, -0.2) is 4.98 Å². The van der Waals surface area contributed by atoms with Gasteiger partial charge in [-0.05, 0) is 24.3 Å². The molecule has 1 rings (SSSR count). The topological polar surface area (TPSA) is 56.0 Å². The first kappa shape index (κ1) is 13.3. The number of carbonyl (C=O) groups excluding carboxylic acids is 1. The van der Waals surface area contributed by atoms with Gasteiger partial charge >= 0.3 is 0 Å². The zero-order valence-corrected chi connectivity index (χ0v) is 9.73. The van der Waals surface area contributed by atoms with Crippen molar-refractivity contribution in [1.29, 1.82) is 0 Å². The Kier molecular flexibility index (Phi) is 7.24. The van der Waals surface area contributed by atoms with E-state index in [4.69, 9.17) is 16.4 Å². The van der Waals surface area contributed by atoms with E-state index < -0.39 is 0 Å². The molecule has 78 valence electrons. The molecule has 0 bridgehead atoms. The minimum atomic E-state index is 0.250. The molecule has 1 heterocycles. The number of halogens is 1. The van der Waals surface area contributed by atoms with E-state index in [1.807, 2.05) is 13.0 Å². The predicted octanol–water partition coefficient (Wildman–Crippen LogP) is 2.26. The van der Waals surface area contributed by atoms with Gasteiger partial charge < -0.3 is 5.73 Å². The van der Waals surface area contributed by atoms with E-state index in [1.54, 1.807) is 18.0 Å². The third-order valence-electron chi connectivity index (χ3n) is 1.28. The summed E-state index contributed by atoms with van der Waals surface area (Å²) < 4.78 is 0. The van der Waals surface area contributed by atoms with Gasteiger partial charge in [0, 0.05) is 6.20 Å². The monoisotopic (exact) mass is 232 g/mol. The molecule has 0 radical (unpaired) electrons. The molecular formula is C9H13ClN2OS. The molecule has 0 saturated heterocycles. The Labute approximate surface area is 93.0 Å². The summed E-state index contributed by atoms with van der Waals surface area (Å²) in [5.74, 6) is 1.05. The fraction of sp³-hybridized carbons (Fsp3) is 0.333. The summed E-state index contributed by atoms with van der Waals surface area (Å²) >= 11 is 7.49. The van der Waals surface area contributed by atoms with Crippen LogP contribution in [0.4, 0.5) is 0 Å². The standard InChI is InChI=1S/C8H10ClNS.CH3NO/c1-3-11-8-6(2)4-7(9)5-10-8;2-1-3/h4-5H,3H2,1-2H3;1H,(H2,2,3). The molecule has 0 aromatic carbocycles. The summed E-state index contributed by atoms with van der Waals surface area (Å²) in [6.07, 6.45) is 1.94. The second kappa shape index (κ2) is 7.64. The van der Waals surface area contributed by atoms with Gasteiger partial charge in [0.05, 0.1) is 10.0 Å². The van der Waals surface area contributed by atoms with Crippen LogP contribution in [-0.4, -0.2) is 17.1 Å². The fourth-order valence-electron chi connectivity index (χ4n) is 0.816. The van der Waals surface area contributed by atoms with E-state index in [0.29, 0.717) is 5.02 Å². The molecule has 0 aliphatic heterocycles. The Balaban J connectivity index is 0.000000500. The van der Waals surface area contributed by atoms with Gasteiger partial charge in [-0.2, -0.15) is 0 Å². The lowest BCUT2D eigenvalue weighted by Crippen LogP contribution is -1.84. The van der Waals surface area contributed by atoms with E-state index in [0.717, 1.165) is 16.3 Å². The molecule has 0 unspecified atom stereocenters. The smallest absolute Gasteiger partial charge is 0.204 e. The van der Waals surface area contributed by atoms with E-state index in [9.17, 15) is 0 Å². The van der Waals surface area contributed by atoms with Crippen LogP contribution in [0.1, 0.15) is 12.5 Å². The van der Waals surface area contributed by atoms with Crippen LogP contribution in [0.5, 0.6) is 0 Å². The minimum absolute atomic E-state index is 0.250. The van der Waals surface area contributed by atoms with Crippen LogP contribution in [-0.2, 0) is 4.79 Å². The number of pyridine rings is 1. The number of nitrogens with two attached hydrogens (primary N) is 1. The lowest BCUT2D eigenvalue weighted by molar-refractivity contribution is -0.106. The van der Waals surface area contributed by atoms with Crippen LogP contribution in [0.3, 0.4) is 0 Å². The first-order chi connectivity index (χ1) is 6.65. The highest BCUT2D eigenvalue weighted by Crippen LogP contribution is 2.21. The number of aryl methyl sites for hydroxylation is 1. The number of primary amides is 1. The molecule has 0 aliphatic rings. The Bertz CT molecular complexity index is 294. The second-order valence-corrected chi connectivity index (χ2v) is 4.03. The number of thioether (sulfide) groups is 1. The first-order valence-corrected chi connectivity index (χ1v) is 5.42. The van der Waals surface area contributed by atoms with E-state index in [-0.39, 0.29) is 6.41 Å². The molecule has 0 aliphatic carbocycles. The second-order valence-electron chi connectivity index (χ2n) is 2.34. The largest absolute Gasteiger partial charge is 0.372 e. The van der Waals surface area contributed by atoms with Crippen molar-refractivity contribution in [3.8, 4) is 0 Å². The van der Waals surface area contributed by atoms with Gasteiger partial charge in [0.15, 0.2) is 0 Å². The lowest BCUT2D eigenvalue weighted by Gasteiger charge is -2.01. The Morgan fingerprint density at radius 1 is 1.71 bits per heavy atom. The molecule has 14 heavy (non-hydrogen) atoms. The number of carbonyl (C=O) groups is 1. The molecule has 1 amide bonds. The summed E-state index contributed by atoms with van der Waals surface area (Å²) in [7, 11) is 0. The highest BCUT2D eigenvalue weighted by Gasteiger charge is 1.98. The van der Waals surface area contributed by atoms with Crippen LogP contribution < -0.4 is 5.73 Å². The Morgan fingerprint density at radius 3 is 2.71 bits per heavy atom. The molecule has 5 heteroatoms. The number of rotatable bonds is 2. The van der Waals surface area contributed by atoms with Crippen LogP contribution in [0, 0.1) is 6.92 Å². The van der Waals surface area contributed by atoms with E-state index >= 15 is 0 Å². The Hall–Kier alpha value is -0.740. The van der Waals surface area contributed by atoms with Gasteiger partial charge in [-0.3, -0.25) is 4.79 Å². The maximum atomic E-state index is 8.58. The predicted molar refractivity (Wildman–Crippen MR) is 60.6 cm³/mol. The number of amides is 1. The normalized spacial score (nSPS) is 8.79. The Morgan fingerprint density at radius 2 is 2.29 bits per heavy atom. The van der Waals surface area contributed by atoms with Gasteiger partial charge in [-0.1, -0.05) is 18.5 Å². The lowest BCUT2D eigenvalue weighted by atomic mass is 10.3. The summed E-state index contributed by atoms with van der Waals surface area (Å²) in [6, 6.07) is 1.94. The molecular weight excluding hydrogens is 220 g/mol. The van der Waals surface area contributed by atoms with Crippen LogP contribution >= 0.6 is 23.4 Å². The van der Waals surface area contributed by atoms with Crippen LogP contribution in [0.2, 0.25) is 5.02 Å². The molecule has 1 aromatic heterocycles. The zero-order chi connectivity index (χ0) is 11.0. The van der Waals surface area contributed by atoms with E-state index in [2.05, 4.69) is 17.6 Å². The van der Waals surface area contributed by atoms with Crippen molar-refractivity contribution >= 4 is 29.8 Å². The summed E-state index contributed by atoms with van der Waals surface area (Å²) in [6.45, 7) is 4.14. The fourth-order valence-corrected chi connectivity index (χ4v) is 1.72. The highest BCUT2D eigenvalue weighted by molar-refractivity contribution is 7.99. The van der Waals surface area contributed by atoms with Crippen molar-refractivity contribution in [2.75, 3.05) is 5.75 Å². The zero-order valence-electron chi connectivity index (χ0n) is 8.16. The third kappa shape index (κ3) is 5.09. The van der Waals surface area contributed by atoms with Crippen molar-refractivity contribution in [2.24, 2.45) is 5.73 Å². The van der Waals surface area contributed by atoms with Crippen molar-refractivity contribution in [3.63, 3.8) is 0 Å². The first-order valence-electron chi connectivity index (χ1n) is 4.06. The van der Waals surface area contributed by atoms with Crippen LogP contribution in [0.15, 0.2) is 17.3 Å². The number of nitrogens with zero attached hydrogens (tertiary/aromatic N) is 1. The molecule has 0 atom stereocenters. The molecule has 0 spiro atoms. The van der Waals surface area contributed by atoms with Crippen molar-refractivity contribution in [2.45, 2.75) is 18.9 Å². The van der Waals surface area contributed by atoms with Gasteiger partial charge in [0.1, 0.15) is 0 Å². The quantitative estimate of drug-likeness (QED) is 0.629. The average Bonchev–Trinajstić information content (AvgIpc) is 2.11. The van der Waals surface area contributed by atoms with Crippen molar-refractivity contribution in [3.05, 3.63) is 22.8 Å². The SMILES string of the molecule is CCSc1ncc(Cl)cc1C.NC=O. The summed E-state index contributed by atoms with van der Waals surface area (Å²) in [4.78, 5) is 12.8. The molecule has 3 nitrogen and oxygen atoms in total. The number of hydrogen-bond donors (Lipinski definition) is 1. The number of aromatic nitrogens is 1. The molecule has 1 aromatic rings. The maximum absolute atomic E-state index is 8.58. The average molecular weight is 233 g/mol. The van der Waals surface area contributed by atoms with Crippen molar-refractivity contribution in [1.82, 2.24) is 4.98 Å². The van der Waals surface area contributed by atoms with Gasteiger partial charge in [-0.15, -0.1) is 11.8 Å². The molecule has 2 N–H and O–H groups in total. The molecule has 0 fully saturated rings. The van der Waals surface area contributed by atoms with E-state index in [1.165, 1.54) is 0 Å². The van der Waals surface area contributed by atoms with Crippen molar-refractivity contribution < 1.29 is 4.79 Å². The third-order valence-corrected chi connectivity index (χ3v) is 2.47. The summed E-state index contributed by atoms with van der Waals surface area (Å²) in [5, 5.41) is 1.79. The maximum Gasteiger partial charge on any atom is 0.204 e. The minimum Gasteiger partial charge on any atom is -0.372 e. The highest BCUT2D eigenvalue weighted by atomic mass is 35.5. The van der Waals surface area contributed by atoms with Gasteiger partial charge in [0.2, 0.25) is 6.41 Å². The molecule has 0 saturated carbocycles.